The van der Waals surface area contributed by atoms with Crippen LogP contribution in [-0.4, -0.2) is 31.0 Å². The number of rotatable bonds is 3. The third kappa shape index (κ3) is 8.36. The molecule has 0 radical (unpaired) electrons. The zero-order chi connectivity index (χ0) is 15.7. The van der Waals surface area contributed by atoms with Crippen molar-refractivity contribution in [1.82, 2.24) is 0 Å². The molecule has 0 aliphatic carbocycles. The van der Waals surface area contributed by atoms with E-state index >= 15 is 0 Å². The van der Waals surface area contributed by atoms with E-state index in [1.54, 1.807) is 62.3 Å². The molecule has 0 heterocycles. The van der Waals surface area contributed by atoms with E-state index < -0.39 is 31.6 Å². The van der Waals surface area contributed by atoms with Gasteiger partial charge in [0.25, 0.3) is 0 Å². The maximum absolute atomic E-state index is 11.9. The fourth-order valence-electron chi connectivity index (χ4n) is 1.11. The van der Waals surface area contributed by atoms with Gasteiger partial charge in [-0.15, -0.1) is 0 Å². The molecule has 0 rings (SSSR count). The average molecular weight is 292 g/mol. The van der Waals surface area contributed by atoms with E-state index in [1.807, 2.05) is 0 Å². The second-order valence-electron chi connectivity index (χ2n) is 7.59. The molecule has 6 heteroatoms. The molecule has 1 N–H and O–H groups in total. The molecule has 0 aromatic heterocycles. The summed E-state index contributed by atoms with van der Waals surface area (Å²) in [5.41, 5.74) is -2.09. The predicted molar refractivity (Wildman–Crippen MR) is 75.2 cm³/mol. The Hall–Kier alpha value is -0.433. The van der Waals surface area contributed by atoms with E-state index in [0.29, 0.717) is 0 Å². The van der Waals surface area contributed by atoms with Gasteiger partial charge in [-0.25, -0.2) is 0 Å². The molecule has 114 valence electrons. The highest BCUT2D eigenvalue weighted by Gasteiger charge is 2.53. The zero-order valence-corrected chi connectivity index (χ0v) is 14.6. The summed E-state index contributed by atoms with van der Waals surface area (Å²) in [6, 6.07) is 0. The Morgan fingerprint density at radius 3 is 1.37 bits per heavy atom. The Labute approximate surface area is 117 Å². The quantitative estimate of drug-likeness (QED) is 0.810. The smallest absolute Gasteiger partial charge is 0.452 e. The van der Waals surface area contributed by atoms with Crippen molar-refractivity contribution < 1.29 is 22.9 Å². The first-order chi connectivity index (χ1) is 8.04. The Morgan fingerprint density at radius 2 is 1.16 bits per heavy atom. The van der Waals surface area contributed by atoms with Crippen molar-refractivity contribution in [2.45, 2.75) is 73.5 Å². The Bertz CT molecular complexity index is 303. The summed E-state index contributed by atoms with van der Waals surface area (Å²) in [6.45, 7) is 15.7. The van der Waals surface area contributed by atoms with Crippen LogP contribution in [0.3, 0.4) is 0 Å². The normalized spacial score (nSPS) is 14.4. The maximum atomic E-state index is 11.9. The molecule has 0 saturated heterocycles. The van der Waals surface area contributed by atoms with E-state index in [4.69, 9.17) is 13.3 Å². The third-order valence-electron chi connectivity index (χ3n) is 1.70. The van der Waals surface area contributed by atoms with Crippen LogP contribution in [-0.2, 0) is 18.1 Å². The van der Waals surface area contributed by atoms with Gasteiger partial charge >= 0.3 is 15.0 Å². The molecule has 0 aromatic rings. The molecule has 19 heavy (non-hydrogen) atoms. The Kier molecular flexibility index (Phi) is 5.39. The van der Waals surface area contributed by atoms with Crippen LogP contribution in [0, 0.1) is 5.41 Å². The van der Waals surface area contributed by atoms with Crippen molar-refractivity contribution in [3.05, 3.63) is 0 Å². The number of carbonyl (C=O) groups excluding carboxylic acids is 1. The maximum Gasteiger partial charge on any atom is 0.749 e. The van der Waals surface area contributed by atoms with Crippen molar-refractivity contribution >= 4 is 15.0 Å². The minimum atomic E-state index is -4.04. The highest BCUT2D eigenvalue weighted by atomic mass is 28.4. The molecule has 0 amide bonds. The minimum Gasteiger partial charge on any atom is -0.452 e. The average Bonchev–Trinajstić information content (AvgIpc) is 1.91. The predicted octanol–water partition coefficient (Wildman–Crippen LogP) is 2.63. The number of hydrogen-bond donors (Lipinski definition) is 1. The van der Waals surface area contributed by atoms with Crippen molar-refractivity contribution in [3.63, 3.8) is 0 Å². The lowest BCUT2D eigenvalue weighted by atomic mass is 9.98. The molecule has 0 aliphatic heterocycles. The van der Waals surface area contributed by atoms with Crippen LogP contribution >= 0.6 is 0 Å². The molecule has 0 saturated carbocycles. The second-order valence-corrected chi connectivity index (χ2v) is 9.25. The first kappa shape index (κ1) is 18.6. The highest BCUT2D eigenvalue weighted by molar-refractivity contribution is 6.54. The molecule has 0 spiro atoms. The van der Waals surface area contributed by atoms with Crippen LogP contribution in [0.1, 0.15) is 62.3 Å². The van der Waals surface area contributed by atoms with Crippen LogP contribution in [0.5, 0.6) is 0 Å². The monoisotopic (exact) mass is 292 g/mol. The SMILES string of the molecule is CC(C)(C)O[Si](O)(OC(=O)C(C)(C)C)OC(C)(C)C. The summed E-state index contributed by atoms with van der Waals surface area (Å²) < 4.78 is 16.2. The molecular weight excluding hydrogens is 264 g/mol. The van der Waals surface area contributed by atoms with Crippen LogP contribution < -0.4 is 0 Å². The third-order valence-corrected chi connectivity index (χ3v) is 3.89. The first-order valence-electron chi connectivity index (χ1n) is 6.40. The fraction of sp³-hybridized carbons (Fsp3) is 0.923. The first-order valence-corrected chi connectivity index (χ1v) is 8.07. The molecule has 0 aromatic carbocycles. The summed E-state index contributed by atoms with van der Waals surface area (Å²) in [7, 11) is -4.04. The Morgan fingerprint density at radius 1 is 0.842 bits per heavy atom. The van der Waals surface area contributed by atoms with Crippen molar-refractivity contribution in [2.75, 3.05) is 0 Å². The summed E-state index contributed by atoms with van der Waals surface area (Å²) in [5, 5.41) is 0. The number of hydrogen-bond acceptors (Lipinski definition) is 5. The van der Waals surface area contributed by atoms with Gasteiger partial charge < -0.3 is 18.1 Å². The second kappa shape index (κ2) is 5.52. The molecule has 0 atom stereocenters. The summed E-state index contributed by atoms with van der Waals surface area (Å²) in [4.78, 5) is 22.4. The van der Waals surface area contributed by atoms with Gasteiger partial charge in [0.05, 0.1) is 16.6 Å². The van der Waals surface area contributed by atoms with Gasteiger partial charge in [-0.1, -0.05) is 0 Å². The largest absolute Gasteiger partial charge is 0.749 e. The van der Waals surface area contributed by atoms with Crippen LogP contribution in [0.2, 0.25) is 0 Å². The van der Waals surface area contributed by atoms with Gasteiger partial charge in [-0.05, 0) is 62.3 Å². The van der Waals surface area contributed by atoms with Gasteiger partial charge in [-0.3, -0.25) is 4.79 Å². The Balaban J connectivity index is 5.13. The van der Waals surface area contributed by atoms with E-state index in [-0.39, 0.29) is 0 Å². The van der Waals surface area contributed by atoms with Gasteiger partial charge in [0.15, 0.2) is 0 Å². The summed E-state index contributed by atoms with van der Waals surface area (Å²) >= 11 is 0. The van der Waals surface area contributed by atoms with E-state index in [2.05, 4.69) is 0 Å². The van der Waals surface area contributed by atoms with Gasteiger partial charge in [0.2, 0.25) is 0 Å². The molecule has 0 aliphatic rings. The summed E-state index contributed by atoms with van der Waals surface area (Å²) in [5.74, 6) is -0.546. The van der Waals surface area contributed by atoms with Gasteiger partial charge in [0, 0.05) is 0 Å². The van der Waals surface area contributed by atoms with E-state index in [9.17, 15) is 9.59 Å². The fourth-order valence-corrected chi connectivity index (χ4v) is 3.32. The molecule has 0 bridgehead atoms. The minimum absolute atomic E-state index is 0.546. The highest BCUT2D eigenvalue weighted by Crippen LogP contribution is 2.26. The molecule has 0 unspecified atom stereocenters. The standard InChI is InChI=1S/C13H28O5Si/c1-11(2,3)10(14)16-19(15,17-12(4,5)6)18-13(7,8)9/h15H,1-9H3. The van der Waals surface area contributed by atoms with Crippen LogP contribution in [0.25, 0.3) is 0 Å². The van der Waals surface area contributed by atoms with Gasteiger partial charge in [0.1, 0.15) is 0 Å². The van der Waals surface area contributed by atoms with E-state index in [0.717, 1.165) is 0 Å². The summed E-state index contributed by atoms with van der Waals surface area (Å²) in [6.07, 6.45) is 0. The van der Waals surface area contributed by atoms with Crippen molar-refractivity contribution in [3.8, 4) is 0 Å². The van der Waals surface area contributed by atoms with Crippen molar-refractivity contribution in [1.29, 1.82) is 0 Å². The van der Waals surface area contributed by atoms with E-state index in [1.165, 1.54) is 0 Å². The number of carbonyl (C=O) groups is 1. The van der Waals surface area contributed by atoms with Gasteiger partial charge in [-0.2, -0.15) is 0 Å². The lowest BCUT2D eigenvalue weighted by Gasteiger charge is -2.35. The lowest BCUT2D eigenvalue weighted by molar-refractivity contribution is -0.159. The van der Waals surface area contributed by atoms with Crippen molar-refractivity contribution in [2.24, 2.45) is 5.41 Å². The van der Waals surface area contributed by atoms with Crippen LogP contribution in [0.4, 0.5) is 0 Å². The van der Waals surface area contributed by atoms with Crippen LogP contribution in [0.15, 0.2) is 0 Å². The lowest BCUT2D eigenvalue weighted by Crippen LogP contribution is -2.56. The molecule has 5 nitrogen and oxygen atoms in total. The topological polar surface area (TPSA) is 65.0 Å². The molecule has 0 fully saturated rings. The zero-order valence-electron chi connectivity index (χ0n) is 13.6. The molecular formula is C13H28O5Si.